The van der Waals surface area contributed by atoms with Crippen LogP contribution in [0.1, 0.15) is 37.9 Å². The summed E-state index contributed by atoms with van der Waals surface area (Å²) >= 11 is 0. The van der Waals surface area contributed by atoms with Crippen LogP contribution in [0.3, 0.4) is 0 Å². The zero-order chi connectivity index (χ0) is 24.6. The third-order valence-corrected chi connectivity index (χ3v) is 8.37. The molecule has 1 heterocycles. The Morgan fingerprint density at radius 1 is 1.18 bits per heavy atom. The lowest BCUT2D eigenvalue weighted by atomic mass is 9.81. The molecule has 3 atom stereocenters. The van der Waals surface area contributed by atoms with E-state index in [0.717, 1.165) is 7.11 Å². The average molecular weight is 469 g/mol. The number of carboxylic acid groups (broad SMARTS) is 1. The SMILES string of the molecule is C#CP(=O)(OC)C(C(=O)O)(c1c(C(C)C)nc2ccccc2c1-c1ccc(F)cc1)C(C)O. The lowest BCUT2D eigenvalue weighted by Crippen LogP contribution is -2.46. The highest BCUT2D eigenvalue weighted by Gasteiger charge is 2.62. The van der Waals surface area contributed by atoms with Crippen molar-refractivity contribution in [1.29, 1.82) is 0 Å². The second-order valence-corrected chi connectivity index (χ2v) is 10.5. The average Bonchev–Trinajstić information content (AvgIpc) is 2.78. The molecule has 2 N–H and O–H groups in total. The van der Waals surface area contributed by atoms with Gasteiger partial charge in [0.1, 0.15) is 5.82 Å². The van der Waals surface area contributed by atoms with E-state index in [1.165, 1.54) is 31.2 Å². The Balaban J connectivity index is 2.73. The summed E-state index contributed by atoms with van der Waals surface area (Å²) in [6.45, 7) is 4.82. The quantitative estimate of drug-likeness (QED) is 0.358. The molecule has 0 aliphatic heterocycles. The van der Waals surface area contributed by atoms with Gasteiger partial charge in [-0.05, 0) is 47.8 Å². The van der Waals surface area contributed by atoms with Crippen molar-refractivity contribution in [2.24, 2.45) is 0 Å². The second-order valence-electron chi connectivity index (χ2n) is 8.04. The molecule has 0 saturated heterocycles. The number of hydrogen-bond acceptors (Lipinski definition) is 5. The molecule has 0 fully saturated rings. The van der Waals surface area contributed by atoms with Gasteiger partial charge in [-0.1, -0.05) is 44.2 Å². The van der Waals surface area contributed by atoms with Gasteiger partial charge in [0, 0.05) is 23.8 Å². The first kappa shape index (κ1) is 24.6. The van der Waals surface area contributed by atoms with E-state index in [0.29, 0.717) is 27.7 Å². The van der Waals surface area contributed by atoms with Crippen molar-refractivity contribution in [3.63, 3.8) is 0 Å². The maximum absolute atomic E-state index is 13.9. The predicted octanol–water partition coefficient (Wildman–Crippen LogP) is 5.34. The first-order valence-electron chi connectivity index (χ1n) is 10.3. The van der Waals surface area contributed by atoms with Gasteiger partial charge in [-0.25, -0.2) is 4.39 Å². The van der Waals surface area contributed by atoms with Gasteiger partial charge in [0.2, 0.25) is 5.16 Å². The van der Waals surface area contributed by atoms with Crippen molar-refractivity contribution < 1.29 is 28.5 Å². The summed E-state index contributed by atoms with van der Waals surface area (Å²) < 4.78 is 32.9. The molecule has 0 radical (unpaired) electrons. The number of pyridine rings is 1. The Bertz CT molecular complexity index is 1300. The Labute approximate surface area is 191 Å². The number of nitrogens with zero attached hydrogens (tertiary/aromatic N) is 1. The Morgan fingerprint density at radius 3 is 2.27 bits per heavy atom. The lowest BCUT2D eigenvalue weighted by molar-refractivity contribution is -0.144. The van der Waals surface area contributed by atoms with Crippen LogP contribution in [0, 0.1) is 17.9 Å². The van der Waals surface area contributed by atoms with E-state index in [2.05, 4.69) is 0 Å². The largest absolute Gasteiger partial charge is 0.480 e. The highest BCUT2D eigenvalue weighted by molar-refractivity contribution is 7.66. The number of benzene rings is 2. The molecule has 0 aliphatic rings. The summed E-state index contributed by atoms with van der Waals surface area (Å²) in [6.07, 6.45) is 3.86. The summed E-state index contributed by atoms with van der Waals surface area (Å²) in [6, 6.07) is 12.5. The molecular formula is C25H25FNO5P. The number of hydrogen-bond donors (Lipinski definition) is 2. The Morgan fingerprint density at radius 2 is 1.79 bits per heavy atom. The van der Waals surface area contributed by atoms with Crippen LogP contribution in [0.2, 0.25) is 0 Å². The fourth-order valence-corrected chi connectivity index (χ4v) is 6.12. The smallest absolute Gasteiger partial charge is 0.327 e. The first-order chi connectivity index (χ1) is 15.5. The Hall–Kier alpha value is -3.04. The van der Waals surface area contributed by atoms with Crippen LogP contribution >= 0.6 is 7.37 Å². The number of aromatic nitrogens is 1. The molecule has 3 unspecified atom stereocenters. The van der Waals surface area contributed by atoms with Crippen LogP contribution < -0.4 is 0 Å². The van der Waals surface area contributed by atoms with Gasteiger partial charge in [0.15, 0.2) is 0 Å². The second kappa shape index (κ2) is 9.07. The normalized spacial score (nSPS) is 16.1. The third-order valence-electron chi connectivity index (χ3n) is 5.80. The summed E-state index contributed by atoms with van der Waals surface area (Å²) in [5, 5.41) is 19.5. The highest BCUT2D eigenvalue weighted by atomic mass is 31.2. The van der Waals surface area contributed by atoms with Gasteiger partial charge < -0.3 is 14.7 Å². The van der Waals surface area contributed by atoms with E-state index in [-0.39, 0.29) is 11.5 Å². The number of rotatable bonds is 7. The van der Waals surface area contributed by atoms with Gasteiger partial charge in [-0.15, -0.1) is 6.42 Å². The van der Waals surface area contributed by atoms with Crippen LogP contribution in [0.15, 0.2) is 48.5 Å². The number of terminal acetylenes is 1. The van der Waals surface area contributed by atoms with Crippen LogP contribution in [0.4, 0.5) is 4.39 Å². The molecule has 0 saturated carbocycles. The van der Waals surface area contributed by atoms with E-state index in [1.54, 1.807) is 38.1 Å². The standard InChI is InChI=1S/C25H25FNO5P/c1-6-33(31,32-5)25(16(4)28,24(29)30)22-21(17-11-13-18(26)14-12-17)19-9-7-8-10-20(19)27-23(22)15(2)3/h1,7-16,28H,2-5H3,(H,29,30). The van der Waals surface area contributed by atoms with Gasteiger partial charge in [-0.3, -0.25) is 14.3 Å². The summed E-state index contributed by atoms with van der Waals surface area (Å²) in [4.78, 5) is 17.7. The van der Waals surface area contributed by atoms with E-state index in [4.69, 9.17) is 15.9 Å². The molecule has 0 aliphatic carbocycles. The molecule has 3 rings (SSSR count). The van der Waals surface area contributed by atoms with Gasteiger partial charge in [-0.2, -0.15) is 0 Å². The predicted molar refractivity (Wildman–Crippen MR) is 126 cm³/mol. The van der Waals surface area contributed by atoms with Crippen molar-refractivity contribution in [2.45, 2.75) is 37.9 Å². The van der Waals surface area contributed by atoms with Gasteiger partial charge >= 0.3 is 5.97 Å². The van der Waals surface area contributed by atoms with Gasteiger partial charge in [0.05, 0.1) is 11.6 Å². The Kier molecular flexibility index (Phi) is 6.76. The number of carboxylic acids is 1. The number of para-hydroxylation sites is 1. The maximum Gasteiger partial charge on any atom is 0.327 e. The zero-order valence-corrected chi connectivity index (χ0v) is 19.6. The molecule has 33 heavy (non-hydrogen) atoms. The first-order valence-corrected chi connectivity index (χ1v) is 11.9. The maximum atomic E-state index is 13.9. The van der Waals surface area contributed by atoms with E-state index in [1.807, 2.05) is 5.66 Å². The van der Waals surface area contributed by atoms with E-state index >= 15 is 0 Å². The number of fused-ring (bicyclic) bond motifs is 1. The summed E-state index contributed by atoms with van der Waals surface area (Å²) in [5.41, 5.74) is 3.69. The monoisotopic (exact) mass is 469 g/mol. The van der Waals surface area contributed by atoms with Crippen molar-refractivity contribution in [3.8, 4) is 23.2 Å². The van der Waals surface area contributed by atoms with Crippen molar-refractivity contribution >= 4 is 24.2 Å². The molecule has 172 valence electrons. The van der Waals surface area contributed by atoms with Crippen LogP contribution in [0.25, 0.3) is 22.0 Å². The molecule has 2 aromatic carbocycles. The number of halogens is 1. The molecule has 8 heteroatoms. The lowest BCUT2D eigenvalue weighted by Gasteiger charge is -2.39. The minimum Gasteiger partial charge on any atom is -0.480 e. The van der Waals surface area contributed by atoms with E-state index < -0.39 is 30.4 Å². The summed E-state index contributed by atoms with van der Waals surface area (Å²) in [7, 11) is -3.44. The molecular weight excluding hydrogens is 444 g/mol. The fraction of sp³-hybridized carbons (Fsp3) is 0.280. The summed E-state index contributed by atoms with van der Waals surface area (Å²) in [5.74, 6) is -2.43. The number of aliphatic hydroxyl groups excluding tert-OH is 1. The van der Waals surface area contributed by atoms with Crippen LogP contribution in [-0.2, 0) is 19.0 Å². The minimum atomic E-state index is -4.49. The van der Waals surface area contributed by atoms with Crippen LogP contribution in [0.5, 0.6) is 0 Å². The number of carbonyl (C=O) groups is 1. The fourth-order valence-electron chi connectivity index (χ4n) is 4.26. The van der Waals surface area contributed by atoms with Crippen molar-refractivity contribution in [2.75, 3.05) is 7.11 Å². The third kappa shape index (κ3) is 3.75. The molecule has 6 nitrogen and oxygen atoms in total. The topological polar surface area (TPSA) is 96.7 Å². The van der Waals surface area contributed by atoms with Crippen molar-refractivity contribution in [1.82, 2.24) is 4.98 Å². The van der Waals surface area contributed by atoms with E-state index in [9.17, 15) is 24.0 Å². The molecule has 1 aromatic heterocycles. The van der Waals surface area contributed by atoms with Crippen molar-refractivity contribution in [3.05, 3.63) is 65.6 Å². The number of aliphatic carboxylic acids is 1. The molecule has 0 bridgehead atoms. The zero-order valence-electron chi connectivity index (χ0n) is 18.7. The number of aliphatic hydroxyl groups is 1. The molecule has 3 aromatic rings. The molecule has 0 amide bonds. The van der Waals surface area contributed by atoms with Gasteiger partial charge in [0.25, 0.3) is 7.37 Å². The highest BCUT2D eigenvalue weighted by Crippen LogP contribution is 2.67. The molecule has 0 spiro atoms. The van der Waals surface area contributed by atoms with Crippen LogP contribution in [-0.4, -0.2) is 34.4 Å². The minimum absolute atomic E-state index is 0.00607.